The molecule has 1 aromatic rings. The van der Waals surface area contributed by atoms with E-state index in [9.17, 15) is 14.4 Å². The fraction of sp³-hybridized carbons (Fsp3) is 0.654. The number of carboxylic acid groups (broad SMARTS) is 2. The van der Waals surface area contributed by atoms with E-state index in [1.54, 1.807) is 0 Å². The first-order chi connectivity index (χ1) is 15.4. The monoisotopic (exact) mass is 456 g/mol. The van der Waals surface area contributed by atoms with Crippen LogP contribution < -0.4 is 0 Å². The van der Waals surface area contributed by atoms with Gasteiger partial charge in [-0.15, -0.1) is 0 Å². The van der Waals surface area contributed by atoms with Crippen molar-refractivity contribution in [2.24, 2.45) is 0 Å². The zero-order valence-electron chi connectivity index (χ0n) is 20.2. The van der Waals surface area contributed by atoms with Crippen molar-refractivity contribution in [3.05, 3.63) is 35.4 Å². The summed E-state index contributed by atoms with van der Waals surface area (Å²) in [4.78, 5) is 31.8. The van der Waals surface area contributed by atoms with Crippen molar-refractivity contribution < 1.29 is 24.6 Å². The summed E-state index contributed by atoms with van der Waals surface area (Å²) in [6.45, 7) is 2.28. The summed E-state index contributed by atoms with van der Waals surface area (Å²) in [6.07, 6.45) is 21.8. The maximum Gasteiger partial charge on any atom is 0.336 e. The van der Waals surface area contributed by atoms with Crippen molar-refractivity contribution in [3.8, 4) is 0 Å². The van der Waals surface area contributed by atoms with Crippen molar-refractivity contribution in [3.63, 3.8) is 0 Å². The van der Waals surface area contributed by atoms with Crippen LogP contribution in [-0.2, 0) is 4.79 Å². The summed E-state index contributed by atoms with van der Waals surface area (Å²) < 4.78 is 0.486. The Morgan fingerprint density at radius 3 is 1.22 bits per heavy atom. The molecular formula is C26H41NaO5. The fourth-order valence-corrected chi connectivity index (χ4v) is 3.95. The fourth-order valence-electron chi connectivity index (χ4n) is 3.60. The summed E-state index contributed by atoms with van der Waals surface area (Å²) in [7, 11) is 0. The average Bonchev–Trinajstić information content (AvgIpc) is 2.76. The van der Waals surface area contributed by atoms with Gasteiger partial charge in [-0.3, -0.25) is 0 Å². The van der Waals surface area contributed by atoms with Crippen molar-refractivity contribution in [1.29, 1.82) is 0 Å². The van der Waals surface area contributed by atoms with Gasteiger partial charge >= 0.3 is 118 Å². The maximum absolute atomic E-state index is 10.8. The van der Waals surface area contributed by atoms with Crippen LogP contribution in [0.25, 0.3) is 0 Å². The summed E-state index contributed by atoms with van der Waals surface area (Å²) in [6, 6.07) is 5.48. The molecule has 32 heavy (non-hydrogen) atoms. The van der Waals surface area contributed by atoms with Crippen molar-refractivity contribution in [2.45, 2.75) is 110 Å². The van der Waals surface area contributed by atoms with Crippen LogP contribution in [0.4, 0.5) is 0 Å². The maximum atomic E-state index is 10.8. The van der Waals surface area contributed by atoms with Crippen LogP contribution >= 0.6 is 0 Å². The first-order valence-corrected chi connectivity index (χ1v) is 13.4. The predicted molar refractivity (Wildman–Crippen MR) is 131 cm³/mol. The number of unbranched alkanes of at least 4 members (excludes halogenated alkanes) is 14. The van der Waals surface area contributed by atoms with Gasteiger partial charge in [-0.05, 0) is 12.1 Å². The Morgan fingerprint density at radius 1 is 0.625 bits per heavy atom. The molecule has 0 heterocycles. The number of hydrogen-bond acceptors (Lipinski definition) is 3. The van der Waals surface area contributed by atoms with Crippen LogP contribution in [0, 0.1) is 0 Å². The molecule has 0 fully saturated rings. The minimum absolute atomic E-state index is 0.190. The SMILES string of the molecule is CCCCCCCCCCCCCCCCC[C](=O)[Na].O=C(O)c1ccccc1C(=O)O. The largest absolute Gasteiger partial charge is 0.478 e. The molecule has 0 aliphatic heterocycles. The molecule has 5 nitrogen and oxygen atoms in total. The summed E-state index contributed by atoms with van der Waals surface area (Å²) >= 11 is 0.751. The van der Waals surface area contributed by atoms with Gasteiger partial charge < -0.3 is 10.2 Å². The topological polar surface area (TPSA) is 91.7 Å². The smallest absolute Gasteiger partial charge is 0.336 e. The quantitative estimate of drug-likeness (QED) is 0.183. The zero-order chi connectivity index (χ0) is 24.0. The predicted octanol–water partition coefficient (Wildman–Crippen LogP) is 7.03. The molecule has 2 N–H and O–H groups in total. The molecule has 0 bridgehead atoms. The van der Waals surface area contributed by atoms with E-state index in [0.717, 1.165) is 40.8 Å². The Bertz CT molecular complexity index is 612. The molecule has 1 aromatic carbocycles. The molecule has 1 rings (SSSR count). The van der Waals surface area contributed by atoms with E-state index in [1.165, 1.54) is 114 Å². The number of hydrogen-bond donors (Lipinski definition) is 2. The van der Waals surface area contributed by atoms with Crippen molar-refractivity contribution >= 4 is 42.9 Å². The minimum atomic E-state index is -1.23. The number of carboxylic acids is 2. The molecule has 0 radical (unpaired) electrons. The second-order valence-corrected chi connectivity index (χ2v) is 9.67. The van der Waals surface area contributed by atoms with E-state index in [1.807, 2.05) is 0 Å². The zero-order valence-corrected chi connectivity index (χ0v) is 22.2. The molecular weight excluding hydrogens is 415 g/mol. The van der Waals surface area contributed by atoms with E-state index in [2.05, 4.69) is 6.92 Å². The van der Waals surface area contributed by atoms with Gasteiger partial charge in [0.15, 0.2) is 0 Å². The second kappa shape index (κ2) is 21.7. The van der Waals surface area contributed by atoms with Crippen LogP contribution in [0.15, 0.2) is 24.3 Å². The Balaban J connectivity index is 0.000000677. The van der Waals surface area contributed by atoms with Gasteiger partial charge in [-0.2, -0.15) is 0 Å². The molecule has 0 atom stereocenters. The van der Waals surface area contributed by atoms with Crippen LogP contribution in [-0.4, -0.2) is 53.1 Å². The summed E-state index contributed by atoms with van der Waals surface area (Å²) in [5.74, 6) is -2.46. The first kappa shape index (κ1) is 30.8. The summed E-state index contributed by atoms with van der Waals surface area (Å²) in [5.41, 5.74) is -0.380. The molecule has 176 valence electrons. The number of benzene rings is 1. The third kappa shape index (κ3) is 18.4. The van der Waals surface area contributed by atoms with Gasteiger partial charge in [-0.1, -0.05) is 51.2 Å². The number of rotatable bonds is 18. The van der Waals surface area contributed by atoms with Crippen LogP contribution in [0.3, 0.4) is 0 Å². The average molecular weight is 457 g/mol. The molecule has 0 aliphatic rings. The van der Waals surface area contributed by atoms with E-state index in [0.29, 0.717) is 3.03 Å². The molecule has 0 saturated carbocycles. The molecule has 0 unspecified atom stereocenters. The Labute approximate surface area is 211 Å². The van der Waals surface area contributed by atoms with Crippen LogP contribution in [0.1, 0.15) is 130 Å². The van der Waals surface area contributed by atoms with Gasteiger partial charge in [0.2, 0.25) is 0 Å². The number of aromatic carboxylic acids is 2. The Kier molecular flexibility index (Phi) is 20.9. The molecule has 6 heteroatoms. The molecule has 0 aliphatic carbocycles. The van der Waals surface area contributed by atoms with Gasteiger partial charge in [0.25, 0.3) is 0 Å². The number of carbonyl (C=O) groups is 3. The van der Waals surface area contributed by atoms with E-state index >= 15 is 0 Å². The third-order valence-corrected chi connectivity index (χ3v) is 6.02. The second-order valence-electron chi connectivity index (χ2n) is 8.56. The standard InChI is InChI=1S/C18H35O.C8H6O4.Na/c1-2-3-4-5-6-7-8-9-10-11-12-13-14-15-16-17-18-19;9-7(10)5-3-1-2-4-6(5)8(11)12;/h2-17H2,1H3;1-4H,(H,9,10)(H,11,12);. The van der Waals surface area contributed by atoms with E-state index < -0.39 is 11.9 Å². The van der Waals surface area contributed by atoms with E-state index in [-0.39, 0.29) is 11.1 Å². The summed E-state index contributed by atoms with van der Waals surface area (Å²) in [5, 5.41) is 17.1. The number of carbonyl (C=O) groups excluding carboxylic acids is 1. The van der Waals surface area contributed by atoms with Gasteiger partial charge in [0.05, 0.1) is 11.1 Å². The van der Waals surface area contributed by atoms with Gasteiger partial charge in [0, 0.05) is 0 Å². The minimum Gasteiger partial charge on any atom is -0.478 e. The Hall–Kier alpha value is -1.17. The molecule has 0 amide bonds. The molecule has 0 aromatic heterocycles. The normalized spacial score (nSPS) is 10.3. The van der Waals surface area contributed by atoms with Crippen LogP contribution in [0.5, 0.6) is 0 Å². The van der Waals surface area contributed by atoms with Gasteiger partial charge in [0.1, 0.15) is 0 Å². The van der Waals surface area contributed by atoms with Crippen molar-refractivity contribution in [1.82, 2.24) is 0 Å². The van der Waals surface area contributed by atoms with E-state index in [4.69, 9.17) is 10.2 Å². The molecule has 0 saturated heterocycles. The third-order valence-electron chi connectivity index (χ3n) is 5.52. The van der Waals surface area contributed by atoms with Crippen LogP contribution in [0.2, 0.25) is 0 Å². The van der Waals surface area contributed by atoms with Crippen molar-refractivity contribution in [2.75, 3.05) is 0 Å². The first-order valence-electron chi connectivity index (χ1n) is 12.4. The Morgan fingerprint density at radius 2 is 0.938 bits per heavy atom. The van der Waals surface area contributed by atoms with Gasteiger partial charge in [-0.25, -0.2) is 9.59 Å². The molecule has 0 spiro atoms.